The van der Waals surface area contributed by atoms with E-state index in [-0.39, 0.29) is 20.0 Å². The van der Waals surface area contributed by atoms with Crippen molar-refractivity contribution in [3.63, 3.8) is 0 Å². The lowest BCUT2D eigenvalue weighted by Gasteiger charge is -2.09. The summed E-state index contributed by atoms with van der Waals surface area (Å²) in [5.74, 6) is -0.408. The largest absolute Gasteiger partial charge is 0.352 e. The molecule has 0 atom stereocenters. The zero-order valence-corrected chi connectivity index (χ0v) is 14.8. The normalized spacial score (nSPS) is 11.4. The quantitative estimate of drug-likeness (QED) is 0.693. The van der Waals surface area contributed by atoms with Gasteiger partial charge < -0.3 is 5.32 Å². The summed E-state index contributed by atoms with van der Waals surface area (Å²) in [6.07, 6.45) is 4.14. The number of halogens is 2. The number of benzene rings is 1. The van der Waals surface area contributed by atoms with Gasteiger partial charge in [-0.15, -0.1) is 0 Å². The highest BCUT2D eigenvalue weighted by Crippen LogP contribution is 2.28. The zero-order valence-electron chi connectivity index (χ0n) is 11.7. The van der Waals surface area contributed by atoms with E-state index in [4.69, 9.17) is 16.7 Å². The number of nitrogens with one attached hydrogen (secondary N) is 1. The molecule has 5 nitrogen and oxygen atoms in total. The van der Waals surface area contributed by atoms with E-state index in [0.717, 1.165) is 25.7 Å². The van der Waals surface area contributed by atoms with Gasteiger partial charge in [-0.2, -0.15) is 0 Å². The van der Waals surface area contributed by atoms with Crippen molar-refractivity contribution in [3.05, 3.63) is 27.2 Å². The maximum Gasteiger partial charge on any atom is 0.252 e. The Morgan fingerprint density at radius 1 is 1.33 bits per heavy atom. The Morgan fingerprint density at radius 3 is 2.57 bits per heavy atom. The first kappa shape index (κ1) is 18.4. The summed E-state index contributed by atoms with van der Waals surface area (Å²) in [5.41, 5.74) is 0.0967. The summed E-state index contributed by atoms with van der Waals surface area (Å²) in [4.78, 5) is 11.9. The fraction of sp³-hybridized carbons (Fsp3) is 0.462. The van der Waals surface area contributed by atoms with Crippen LogP contribution in [0.1, 0.15) is 43.0 Å². The average molecular weight is 398 g/mol. The van der Waals surface area contributed by atoms with Crippen molar-refractivity contribution in [1.29, 1.82) is 0 Å². The van der Waals surface area contributed by atoms with Crippen molar-refractivity contribution in [1.82, 2.24) is 5.32 Å². The smallest absolute Gasteiger partial charge is 0.252 e. The Kier molecular flexibility index (Phi) is 7.12. The van der Waals surface area contributed by atoms with Gasteiger partial charge in [-0.05, 0) is 34.5 Å². The van der Waals surface area contributed by atoms with E-state index < -0.39 is 15.9 Å². The Hall–Kier alpha value is -0.630. The molecule has 1 aromatic carbocycles. The summed E-state index contributed by atoms with van der Waals surface area (Å²) in [5, 5.41) is 7.99. The lowest BCUT2D eigenvalue weighted by Crippen LogP contribution is -2.25. The number of carbonyl (C=O) groups excluding carboxylic acids is 1. The van der Waals surface area contributed by atoms with Gasteiger partial charge in [0.2, 0.25) is 10.0 Å². The summed E-state index contributed by atoms with van der Waals surface area (Å²) in [6.45, 7) is 2.63. The third-order valence-corrected chi connectivity index (χ3v) is 5.07. The number of amides is 1. The molecule has 3 N–H and O–H groups in total. The highest BCUT2D eigenvalue weighted by atomic mass is 79.9. The van der Waals surface area contributed by atoms with Crippen molar-refractivity contribution in [2.75, 3.05) is 6.54 Å². The first-order chi connectivity index (χ1) is 9.77. The molecule has 8 heteroatoms. The summed E-state index contributed by atoms with van der Waals surface area (Å²) in [7, 11) is -3.92. The second-order valence-corrected chi connectivity index (χ2v) is 7.42. The number of primary sulfonamides is 1. The molecule has 1 aromatic rings. The third-order valence-electron chi connectivity index (χ3n) is 2.89. The highest BCUT2D eigenvalue weighted by Gasteiger charge is 2.19. The van der Waals surface area contributed by atoms with E-state index in [1.807, 2.05) is 0 Å². The maximum atomic E-state index is 12.0. The van der Waals surface area contributed by atoms with Crippen LogP contribution in [-0.4, -0.2) is 20.9 Å². The Morgan fingerprint density at radius 2 is 2.00 bits per heavy atom. The monoisotopic (exact) mass is 396 g/mol. The molecule has 0 unspecified atom stereocenters. The molecule has 0 aromatic heterocycles. The number of unbranched alkanes of at least 4 members (excludes halogenated alkanes) is 3. The molecule has 0 aliphatic heterocycles. The zero-order chi connectivity index (χ0) is 16.0. The van der Waals surface area contributed by atoms with Gasteiger partial charge in [0.05, 0.1) is 15.5 Å². The minimum Gasteiger partial charge on any atom is -0.352 e. The second kappa shape index (κ2) is 8.12. The minimum atomic E-state index is -3.92. The van der Waals surface area contributed by atoms with Gasteiger partial charge >= 0.3 is 0 Å². The molecule has 0 spiro atoms. The van der Waals surface area contributed by atoms with E-state index in [0.29, 0.717) is 6.54 Å². The van der Waals surface area contributed by atoms with Crippen LogP contribution in [0.15, 0.2) is 21.5 Å². The first-order valence-corrected chi connectivity index (χ1v) is 9.29. The molecule has 0 aliphatic carbocycles. The predicted octanol–water partition coefficient (Wildman–Crippen LogP) is 3.06. The van der Waals surface area contributed by atoms with Crippen LogP contribution in [0, 0.1) is 0 Å². The summed E-state index contributed by atoms with van der Waals surface area (Å²) < 4.78 is 23.1. The van der Waals surface area contributed by atoms with Crippen molar-refractivity contribution < 1.29 is 13.2 Å². The van der Waals surface area contributed by atoms with E-state index in [9.17, 15) is 13.2 Å². The van der Waals surface area contributed by atoms with Crippen LogP contribution in [0.25, 0.3) is 0 Å². The van der Waals surface area contributed by atoms with Crippen LogP contribution in [0.2, 0.25) is 5.02 Å². The predicted molar refractivity (Wildman–Crippen MR) is 87.0 cm³/mol. The van der Waals surface area contributed by atoms with Gasteiger partial charge in [-0.1, -0.05) is 37.8 Å². The molecule has 1 rings (SSSR count). The number of rotatable bonds is 7. The standard InChI is InChI=1S/C13H18BrClN2O3S/c1-2-3-4-5-6-17-13(18)9-7-12(21(16,19)20)10(14)8-11(9)15/h7-8H,2-6H2,1H3,(H,17,18)(H2,16,19,20). The van der Waals surface area contributed by atoms with Crippen LogP contribution < -0.4 is 10.5 Å². The second-order valence-electron chi connectivity index (χ2n) is 4.62. The van der Waals surface area contributed by atoms with Gasteiger partial charge in [0.1, 0.15) is 0 Å². The average Bonchev–Trinajstić information content (AvgIpc) is 2.36. The molecule has 1 amide bonds. The molecular weight excluding hydrogens is 380 g/mol. The Balaban J connectivity index is 2.85. The van der Waals surface area contributed by atoms with Crippen LogP contribution in [0.5, 0.6) is 0 Å². The van der Waals surface area contributed by atoms with E-state index in [1.54, 1.807) is 0 Å². The topological polar surface area (TPSA) is 89.3 Å². The lowest BCUT2D eigenvalue weighted by atomic mass is 10.2. The fourth-order valence-electron chi connectivity index (χ4n) is 1.77. The molecule has 0 saturated carbocycles. The molecule has 0 heterocycles. The maximum absolute atomic E-state index is 12.0. The number of carbonyl (C=O) groups is 1. The van der Waals surface area contributed by atoms with Gasteiger partial charge in [0, 0.05) is 11.0 Å². The summed E-state index contributed by atoms with van der Waals surface area (Å²) in [6, 6.07) is 2.54. The van der Waals surface area contributed by atoms with Crippen molar-refractivity contribution in [2.24, 2.45) is 5.14 Å². The molecule has 0 fully saturated rings. The molecule has 21 heavy (non-hydrogen) atoms. The number of hydrogen-bond acceptors (Lipinski definition) is 3. The highest BCUT2D eigenvalue weighted by molar-refractivity contribution is 9.10. The first-order valence-electron chi connectivity index (χ1n) is 6.57. The van der Waals surface area contributed by atoms with Crippen molar-refractivity contribution >= 4 is 43.5 Å². The van der Waals surface area contributed by atoms with Gasteiger partial charge in [-0.25, -0.2) is 13.6 Å². The van der Waals surface area contributed by atoms with E-state index >= 15 is 0 Å². The minimum absolute atomic E-state index is 0.0967. The molecule has 0 saturated heterocycles. The lowest BCUT2D eigenvalue weighted by molar-refractivity contribution is 0.0953. The van der Waals surface area contributed by atoms with Gasteiger partial charge in [0.25, 0.3) is 5.91 Å². The van der Waals surface area contributed by atoms with Gasteiger partial charge in [-0.3, -0.25) is 4.79 Å². The molecule has 0 aliphatic rings. The SMILES string of the molecule is CCCCCCNC(=O)c1cc(S(N)(=O)=O)c(Br)cc1Cl. The van der Waals surface area contributed by atoms with Gasteiger partial charge in [0.15, 0.2) is 0 Å². The number of hydrogen-bond donors (Lipinski definition) is 2. The fourth-order valence-corrected chi connectivity index (χ4v) is 3.78. The Labute approximate surface area is 138 Å². The third kappa shape index (κ3) is 5.58. The molecule has 0 bridgehead atoms. The van der Waals surface area contributed by atoms with Crippen LogP contribution in [0.3, 0.4) is 0 Å². The van der Waals surface area contributed by atoms with Crippen molar-refractivity contribution in [3.8, 4) is 0 Å². The van der Waals surface area contributed by atoms with Crippen LogP contribution in [0.4, 0.5) is 0 Å². The van der Waals surface area contributed by atoms with Crippen molar-refractivity contribution in [2.45, 2.75) is 37.5 Å². The number of sulfonamides is 1. The van der Waals surface area contributed by atoms with Crippen LogP contribution >= 0.6 is 27.5 Å². The number of nitrogens with two attached hydrogens (primary N) is 1. The Bertz CT molecular complexity index is 620. The van der Waals surface area contributed by atoms with E-state index in [2.05, 4.69) is 28.2 Å². The molecular formula is C13H18BrClN2O3S. The van der Waals surface area contributed by atoms with E-state index in [1.165, 1.54) is 12.1 Å². The summed E-state index contributed by atoms with van der Waals surface area (Å²) >= 11 is 9.05. The molecule has 0 radical (unpaired) electrons. The van der Waals surface area contributed by atoms with Crippen LogP contribution in [-0.2, 0) is 10.0 Å². The molecule has 118 valence electrons.